The third-order valence-electron chi connectivity index (χ3n) is 4.86. The van der Waals surface area contributed by atoms with Crippen molar-refractivity contribution in [1.29, 1.82) is 0 Å². The third-order valence-corrected chi connectivity index (χ3v) is 4.86. The number of hydrogen-bond donors (Lipinski definition) is 1. The Labute approximate surface area is 121 Å². The van der Waals surface area contributed by atoms with Gasteiger partial charge in [-0.3, -0.25) is 4.79 Å². The summed E-state index contributed by atoms with van der Waals surface area (Å²) in [5.41, 5.74) is 3.58. The van der Waals surface area contributed by atoms with Gasteiger partial charge in [-0.25, -0.2) is 0 Å². The number of amides is 1. The van der Waals surface area contributed by atoms with Crippen LogP contribution < -0.4 is 5.32 Å². The SMILES string of the molecule is CN1CCC(C)(C(=O)Nc2cccc3c2CCCC3)C1. The molecule has 1 aromatic carbocycles. The van der Waals surface area contributed by atoms with Crippen molar-refractivity contribution in [2.45, 2.75) is 39.0 Å². The fraction of sp³-hybridized carbons (Fsp3) is 0.588. The molecule has 1 N–H and O–H groups in total. The van der Waals surface area contributed by atoms with Crippen molar-refractivity contribution < 1.29 is 4.79 Å². The molecule has 1 unspecified atom stereocenters. The second-order valence-corrected chi connectivity index (χ2v) is 6.65. The van der Waals surface area contributed by atoms with Gasteiger partial charge in [0.1, 0.15) is 0 Å². The highest BCUT2D eigenvalue weighted by Gasteiger charge is 2.39. The lowest BCUT2D eigenvalue weighted by Crippen LogP contribution is -2.36. The van der Waals surface area contributed by atoms with E-state index < -0.39 is 0 Å². The highest BCUT2D eigenvalue weighted by atomic mass is 16.2. The average molecular weight is 272 g/mol. The lowest BCUT2D eigenvalue weighted by molar-refractivity contribution is -0.124. The van der Waals surface area contributed by atoms with Gasteiger partial charge in [0, 0.05) is 12.2 Å². The Bertz CT molecular complexity index is 526. The largest absolute Gasteiger partial charge is 0.325 e. The quantitative estimate of drug-likeness (QED) is 0.898. The van der Waals surface area contributed by atoms with Crippen LogP contribution in [0.5, 0.6) is 0 Å². The first-order valence-corrected chi connectivity index (χ1v) is 7.69. The molecule has 0 aromatic heterocycles. The van der Waals surface area contributed by atoms with Gasteiger partial charge in [-0.15, -0.1) is 0 Å². The summed E-state index contributed by atoms with van der Waals surface area (Å²) in [6, 6.07) is 6.34. The minimum atomic E-state index is -0.244. The minimum Gasteiger partial charge on any atom is -0.325 e. The van der Waals surface area contributed by atoms with Crippen molar-refractivity contribution in [2.24, 2.45) is 5.41 Å². The first-order valence-electron chi connectivity index (χ1n) is 7.69. The van der Waals surface area contributed by atoms with Gasteiger partial charge in [-0.05, 0) is 69.8 Å². The molecule has 3 rings (SSSR count). The van der Waals surface area contributed by atoms with Crippen molar-refractivity contribution in [3.8, 4) is 0 Å². The smallest absolute Gasteiger partial charge is 0.231 e. The zero-order valence-corrected chi connectivity index (χ0v) is 12.5. The molecule has 20 heavy (non-hydrogen) atoms. The lowest BCUT2D eigenvalue weighted by atomic mass is 9.87. The summed E-state index contributed by atoms with van der Waals surface area (Å²) in [5, 5.41) is 3.21. The number of hydrogen-bond acceptors (Lipinski definition) is 2. The van der Waals surface area contributed by atoms with Crippen LogP contribution >= 0.6 is 0 Å². The van der Waals surface area contributed by atoms with Crippen LogP contribution in [0.15, 0.2) is 18.2 Å². The van der Waals surface area contributed by atoms with E-state index >= 15 is 0 Å². The molecule has 0 radical (unpaired) electrons. The number of rotatable bonds is 2. The number of benzene rings is 1. The molecule has 1 aliphatic heterocycles. The molecule has 3 nitrogen and oxygen atoms in total. The fourth-order valence-electron chi connectivity index (χ4n) is 3.55. The van der Waals surface area contributed by atoms with E-state index in [1.165, 1.54) is 24.0 Å². The molecular weight excluding hydrogens is 248 g/mol. The van der Waals surface area contributed by atoms with Gasteiger partial charge in [-0.1, -0.05) is 12.1 Å². The molecule has 0 bridgehead atoms. The fourth-order valence-corrected chi connectivity index (χ4v) is 3.55. The standard InChI is InChI=1S/C17H24N2O/c1-17(10-11-19(2)12-17)16(20)18-15-9-5-7-13-6-3-4-8-14(13)15/h5,7,9H,3-4,6,8,10-12H2,1-2H3,(H,18,20). The van der Waals surface area contributed by atoms with Crippen LogP contribution in [0.25, 0.3) is 0 Å². The molecule has 1 heterocycles. The molecule has 3 heteroatoms. The van der Waals surface area contributed by atoms with Crippen LogP contribution in [-0.4, -0.2) is 30.9 Å². The summed E-state index contributed by atoms with van der Waals surface area (Å²) in [6.07, 6.45) is 5.71. The third kappa shape index (κ3) is 2.47. The van der Waals surface area contributed by atoms with Crippen molar-refractivity contribution >= 4 is 11.6 Å². The van der Waals surface area contributed by atoms with E-state index in [-0.39, 0.29) is 11.3 Å². The van der Waals surface area contributed by atoms with E-state index in [0.29, 0.717) is 0 Å². The Hall–Kier alpha value is -1.35. The predicted octanol–water partition coefficient (Wildman–Crippen LogP) is 2.85. The molecule has 0 spiro atoms. The maximum absolute atomic E-state index is 12.6. The first kappa shape index (κ1) is 13.6. The van der Waals surface area contributed by atoms with E-state index in [1.54, 1.807) is 0 Å². The van der Waals surface area contributed by atoms with Crippen molar-refractivity contribution in [2.75, 3.05) is 25.5 Å². The first-order chi connectivity index (χ1) is 9.58. The number of likely N-dealkylation sites (tertiary alicyclic amines) is 1. The van der Waals surface area contributed by atoms with E-state index in [2.05, 4.69) is 42.4 Å². The van der Waals surface area contributed by atoms with E-state index in [9.17, 15) is 4.79 Å². The van der Waals surface area contributed by atoms with Gasteiger partial charge in [-0.2, -0.15) is 0 Å². The lowest BCUT2D eigenvalue weighted by Gasteiger charge is -2.25. The monoisotopic (exact) mass is 272 g/mol. The maximum Gasteiger partial charge on any atom is 0.231 e. The minimum absolute atomic E-state index is 0.181. The second-order valence-electron chi connectivity index (χ2n) is 6.65. The molecule has 108 valence electrons. The zero-order valence-electron chi connectivity index (χ0n) is 12.5. The summed E-state index contributed by atoms with van der Waals surface area (Å²) in [5.74, 6) is 0.181. The average Bonchev–Trinajstić information content (AvgIpc) is 2.80. The Morgan fingerprint density at radius 3 is 2.85 bits per heavy atom. The molecule has 1 aromatic rings. The van der Waals surface area contributed by atoms with Gasteiger partial charge in [0.05, 0.1) is 5.41 Å². The Morgan fingerprint density at radius 2 is 2.10 bits per heavy atom. The molecule has 1 fully saturated rings. The summed E-state index contributed by atoms with van der Waals surface area (Å²) in [7, 11) is 2.09. The number of nitrogens with one attached hydrogen (secondary N) is 1. The molecule has 1 aliphatic carbocycles. The number of anilines is 1. The second kappa shape index (κ2) is 5.21. The van der Waals surface area contributed by atoms with Crippen LogP contribution in [0, 0.1) is 5.41 Å². The number of fused-ring (bicyclic) bond motifs is 1. The summed E-state index contributed by atoms with van der Waals surface area (Å²) in [4.78, 5) is 14.9. The van der Waals surface area contributed by atoms with E-state index in [0.717, 1.165) is 38.0 Å². The zero-order chi connectivity index (χ0) is 14.2. The number of nitrogens with zero attached hydrogens (tertiary/aromatic N) is 1. The normalized spacial score (nSPS) is 26.3. The van der Waals surface area contributed by atoms with Crippen molar-refractivity contribution in [3.63, 3.8) is 0 Å². The summed E-state index contributed by atoms with van der Waals surface area (Å²) >= 11 is 0. The molecule has 2 aliphatic rings. The predicted molar refractivity (Wildman–Crippen MR) is 81.9 cm³/mol. The van der Waals surface area contributed by atoms with Gasteiger partial charge < -0.3 is 10.2 Å². The molecule has 1 saturated heterocycles. The van der Waals surface area contributed by atoms with Gasteiger partial charge in [0.25, 0.3) is 0 Å². The molecule has 0 saturated carbocycles. The van der Waals surface area contributed by atoms with Gasteiger partial charge in [0.2, 0.25) is 5.91 Å². The molecular formula is C17H24N2O. The highest BCUT2D eigenvalue weighted by molar-refractivity contribution is 5.96. The van der Waals surface area contributed by atoms with E-state index in [1.807, 2.05) is 0 Å². The van der Waals surface area contributed by atoms with Crippen LogP contribution in [0.1, 0.15) is 37.3 Å². The Balaban J connectivity index is 1.80. The summed E-state index contributed by atoms with van der Waals surface area (Å²) in [6.45, 7) is 3.95. The topological polar surface area (TPSA) is 32.3 Å². The van der Waals surface area contributed by atoms with Gasteiger partial charge in [0.15, 0.2) is 0 Å². The Morgan fingerprint density at radius 1 is 1.30 bits per heavy atom. The summed E-state index contributed by atoms with van der Waals surface area (Å²) < 4.78 is 0. The van der Waals surface area contributed by atoms with Gasteiger partial charge >= 0.3 is 0 Å². The highest BCUT2D eigenvalue weighted by Crippen LogP contribution is 2.33. The number of carbonyl (C=O) groups is 1. The maximum atomic E-state index is 12.6. The van der Waals surface area contributed by atoms with Crippen molar-refractivity contribution in [3.05, 3.63) is 29.3 Å². The van der Waals surface area contributed by atoms with Crippen LogP contribution in [-0.2, 0) is 17.6 Å². The van der Waals surface area contributed by atoms with Crippen LogP contribution in [0.3, 0.4) is 0 Å². The number of aryl methyl sites for hydroxylation is 1. The number of carbonyl (C=O) groups excluding carboxylic acids is 1. The van der Waals surface area contributed by atoms with Crippen LogP contribution in [0.4, 0.5) is 5.69 Å². The van der Waals surface area contributed by atoms with E-state index in [4.69, 9.17) is 0 Å². The Kier molecular flexibility index (Phi) is 3.55. The van der Waals surface area contributed by atoms with Crippen LogP contribution in [0.2, 0.25) is 0 Å². The van der Waals surface area contributed by atoms with Crippen molar-refractivity contribution in [1.82, 2.24) is 4.90 Å². The molecule has 1 amide bonds. The molecule has 1 atom stereocenters.